The number of ether oxygens (including phenoxy) is 1. The van der Waals surface area contributed by atoms with Crippen molar-refractivity contribution in [3.05, 3.63) is 35.4 Å². The Morgan fingerprint density at radius 3 is 2.38 bits per heavy atom. The molecule has 1 unspecified atom stereocenters. The van der Waals surface area contributed by atoms with Crippen LogP contribution in [0.1, 0.15) is 64.0 Å². The Hall–Kier alpha value is -1.51. The first-order chi connectivity index (χ1) is 9.76. The standard InChI is InChI=1S/C18H27NO2/c1-13(2)14-6-8-15(9-7-14)16-10-11-19(12-16)17(20)21-18(3,4)5/h6-9,13,16H,10-12H2,1-5H3. The van der Waals surface area contributed by atoms with Crippen molar-refractivity contribution in [2.24, 2.45) is 0 Å². The lowest BCUT2D eigenvalue weighted by Gasteiger charge is -2.24. The van der Waals surface area contributed by atoms with Crippen molar-refractivity contribution in [2.45, 2.75) is 58.5 Å². The summed E-state index contributed by atoms with van der Waals surface area (Å²) >= 11 is 0. The zero-order valence-electron chi connectivity index (χ0n) is 13.8. The number of nitrogens with zero attached hydrogens (tertiary/aromatic N) is 1. The number of hydrogen-bond acceptors (Lipinski definition) is 2. The molecule has 0 N–H and O–H groups in total. The van der Waals surface area contributed by atoms with Gasteiger partial charge in [0.25, 0.3) is 0 Å². The zero-order valence-corrected chi connectivity index (χ0v) is 13.8. The van der Waals surface area contributed by atoms with E-state index in [1.54, 1.807) is 0 Å². The molecule has 0 aliphatic carbocycles. The van der Waals surface area contributed by atoms with E-state index in [1.165, 1.54) is 11.1 Å². The molecule has 0 bridgehead atoms. The van der Waals surface area contributed by atoms with Crippen molar-refractivity contribution in [1.29, 1.82) is 0 Å². The minimum atomic E-state index is -0.423. The fourth-order valence-electron chi connectivity index (χ4n) is 2.68. The van der Waals surface area contributed by atoms with Crippen LogP contribution < -0.4 is 0 Å². The van der Waals surface area contributed by atoms with E-state index in [-0.39, 0.29) is 6.09 Å². The van der Waals surface area contributed by atoms with Crippen molar-refractivity contribution in [2.75, 3.05) is 13.1 Å². The third-order valence-electron chi connectivity index (χ3n) is 3.91. The number of carbonyl (C=O) groups excluding carboxylic acids is 1. The predicted octanol–water partition coefficient (Wildman–Crippen LogP) is 4.53. The molecule has 1 fully saturated rings. The Labute approximate surface area is 128 Å². The third kappa shape index (κ3) is 4.23. The lowest BCUT2D eigenvalue weighted by molar-refractivity contribution is 0.0292. The van der Waals surface area contributed by atoms with Crippen LogP contribution in [-0.4, -0.2) is 29.7 Å². The molecule has 1 aliphatic rings. The highest BCUT2D eigenvalue weighted by Gasteiger charge is 2.30. The van der Waals surface area contributed by atoms with Gasteiger partial charge in [0.2, 0.25) is 0 Å². The van der Waals surface area contributed by atoms with Gasteiger partial charge in [-0.05, 0) is 44.2 Å². The first-order valence-corrected chi connectivity index (χ1v) is 7.84. The fraction of sp³-hybridized carbons (Fsp3) is 0.611. The molecular formula is C18H27NO2. The number of hydrogen-bond donors (Lipinski definition) is 0. The molecule has 1 aromatic rings. The molecule has 3 nitrogen and oxygen atoms in total. The predicted molar refractivity (Wildman–Crippen MR) is 85.7 cm³/mol. The van der Waals surface area contributed by atoms with Gasteiger partial charge in [0.15, 0.2) is 0 Å². The van der Waals surface area contributed by atoms with Crippen molar-refractivity contribution in [3.8, 4) is 0 Å². The van der Waals surface area contributed by atoms with Crippen molar-refractivity contribution in [3.63, 3.8) is 0 Å². The average molecular weight is 289 g/mol. The highest BCUT2D eigenvalue weighted by Crippen LogP contribution is 2.29. The second-order valence-electron chi connectivity index (χ2n) is 7.23. The van der Waals surface area contributed by atoms with E-state index in [4.69, 9.17) is 4.74 Å². The van der Waals surface area contributed by atoms with E-state index in [0.29, 0.717) is 11.8 Å². The Bertz CT molecular complexity index is 485. The van der Waals surface area contributed by atoms with Crippen molar-refractivity contribution >= 4 is 6.09 Å². The SMILES string of the molecule is CC(C)c1ccc(C2CCN(C(=O)OC(C)(C)C)C2)cc1. The van der Waals surface area contributed by atoms with Gasteiger partial charge in [0, 0.05) is 19.0 Å². The smallest absolute Gasteiger partial charge is 0.410 e. The maximum absolute atomic E-state index is 12.1. The summed E-state index contributed by atoms with van der Waals surface area (Å²) in [4.78, 5) is 13.9. The Morgan fingerprint density at radius 2 is 1.86 bits per heavy atom. The summed E-state index contributed by atoms with van der Waals surface area (Å²) in [6, 6.07) is 8.82. The molecule has 0 saturated carbocycles. The minimum absolute atomic E-state index is 0.191. The first-order valence-electron chi connectivity index (χ1n) is 7.84. The third-order valence-corrected chi connectivity index (χ3v) is 3.91. The van der Waals surface area contributed by atoms with Crippen LogP contribution in [0.15, 0.2) is 24.3 Å². The van der Waals surface area contributed by atoms with Gasteiger partial charge in [-0.3, -0.25) is 0 Å². The normalized spacial score (nSPS) is 19.1. The molecule has 0 spiro atoms. The molecule has 1 heterocycles. The summed E-state index contributed by atoms with van der Waals surface area (Å²) in [6.45, 7) is 11.7. The van der Waals surface area contributed by atoms with Gasteiger partial charge in [-0.15, -0.1) is 0 Å². The molecule has 1 atom stereocenters. The minimum Gasteiger partial charge on any atom is -0.444 e. The lowest BCUT2D eigenvalue weighted by Crippen LogP contribution is -2.35. The summed E-state index contributed by atoms with van der Waals surface area (Å²) in [5, 5.41) is 0. The van der Waals surface area contributed by atoms with Crippen LogP contribution >= 0.6 is 0 Å². The number of amides is 1. The topological polar surface area (TPSA) is 29.5 Å². The molecule has 1 aromatic carbocycles. The van der Waals surface area contributed by atoms with Crippen molar-refractivity contribution < 1.29 is 9.53 Å². The number of rotatable bonds is 2. The maximum atomic E-state index is 12.1. The molecule has 1 aliphatic heterocycles. The Morgan fingerprint density at radius 1 is 1.24 bits per heavy atom. The highest BCUT2D eigenvalue weighted by molar-refractivity contribution is 5.68. The Kier molecular flexibility index (Phi) is 4.60. The molecule has 1 amide bonds. The Balaban J connectivity index is 1.97. The lowest BCUT2D eigenvalue weighted by atomic mass is 9.95. The molecule has 3 heteroatoms. The van der Waals surface area contributed by atoms with Gasteiger partial charge in [0.1, 0.15) is 5.60 Å². The molecular weight excluding hydrogens is 262 g/mol. The molecule has 21 heavy (non-hydrogen) atoms. The van der Waals surface area contributed by atoms with Gasteiger partial charge in [-0.25, -0.2) is 4.79 Å². The number of benzene rings is 1. The van der Waals surface area contributed by atoms with E-state index in [2.05, 4.69) is 38.1 Å². The molecule has 0 radical (unpaired) electrons. The summed E-state index contributed by atoms with van der Waals surface area (Å²) in [6.07, 6.45) is 0.823. The van der Waals surface area contributed by atoms with Gasteiger partial charge in [-0.1, -0.05) is 38.1 Å². The van der Waals surface area contributed by atoms with E-state index in [9.17, 15) is 4.79 Å². The van der Waals surface area contributed by atoms with E-state index < -0.39 is 5.60 Å². The van der Waals surface area contributed by atoms with Gasteiger partial charge >= 0.3 is 6.09 Å². The van der Waals surface area contributed by atoms with E-state index in [0.717, 1.165) is 19.5 Å². The highest BCUT2D eigenvalue weighted by atomic mass is 16.6. The monoisotopic (exact) mass is 289 g/mol. The van der Waals surface area contributed by atoms with Crippen molar-refractivity contribution in [1.82, 2.24) is 4.90 Å². The molecule has 2 rings (SSSR count). The van der Waals surface area contributed by atoms with Gasteiger partial charge in [0.05, 0.1) is 0 Å². The number of likely N-dealkylation sites (tertiary alicyclic amines) is 1. The molecule has 0 aromatic heterocycles. The second-order valence-corrected chi connectivity index (χ2v) is 7.23. The average Bonchev–Trinajstić information content (AvgIpc) is 2.86. The first kappa shape index (κ1) is 15.9. The van der Waals surface area contributed by atoms with Crippen LogP contribution in [0, 0.1) is 0 Å². The zero-order chi connectivity index (χ0) is 15.6. The van der Waals surface area contributed by atoms with Crippen LogP contribution in [0.25, 0.3) is 0 Å². The van der Waals surface area contributed by atoms with Crippen LogP contribution in [0.2, 0.25) is 0 Å². The van der Waals surface area contributed by atoms with E-state index in [1.807, 2.05) is 25.7 Å². The molecule has 116 valence electrons. The largest absolute Gasteiger partial charge is 0.444 e. The summed E-state index contributed by atoms with van der Waals surface area (Å²) < 4.78 is 5.44. The fourth-order valence-corrected chi connectivity index (χ4v) is 2.68. The van der Waals surface area contributed by atoms with Crippen LogP contribution in [0.3, 0.4) is 0 Å². The molecule has 1 saturated heterocycles. The van der Waals surface area contributed by atoms with Gasteiger partial charge < -0.3 is 9.64 Å². The maximum Gasteiger partial charge on any atom is 0.410 e. The summed E-state index contributed by atoms with van der Waals surface area (Å²) in [7, 11) is 0. The van der Waals surface area contributed by atoms with E-state index >= 15 is 0 Å². The number of carbonyl (C=O) groups is 1. The second kappa shape index (κ2) is 6.08. The van der Waals surface area contributed by atoms with Crippen LogP contribution in [0.4, 0.5) is 4.79 Å². The summed E-state index contributed by atoms with van der Waals surface area (Å²) in [5.74, 6) is 0.986. The van der Waals surface area contributed by atoms with Crippen LogP contribution in [0.5, 0.6) is 0 Å². The van der Waals surface area contributed by atoms with Crippen LogP contribution in [-0.2, 0) is 4.74 Å². The quantitative estimate of drug-likeness (QED) is 0.800. The van der Waals surface area contributed by atoms with Gasteiger partial charge in [-0.2, -0.15) is 0 Å². The summed E-state index contributed by atoms with van der Waals surface area (Å²) in [5.41, 5.74) is 2.26.